The van der Waals surface area contributed by atoms with Crippen molar-refractivity contribution in [2.45, 2.75) is 19.5 Å². The van der Waals surface area contributed by atoms with Gasteiger partial charge in [0.15, 0.2) is 0 Å². The fraction of sp³-hybridized carbons (Fsp3) is 0.227. The van der Waals surface area contributed by atoms with Crippen LogP contribution in [0, 0.1) is 0 Å². The van der Waals surface area contributed by atoms with Crippen LogP contribution in [0.15, 0.2) is 60.8 Å². The molecule has 0 bridgehead atoms. The topological polar surface area (TPSA) is 71.1 Å². The molecule has 0 spiro atoms. The molecule has 30 heavy (non-hydrogen) atoms. The molecule has 158 valence electrons. The highest BCUT2D eigenvalue weighted by Crippen LogP contribution is 2.19. The third-order valence-electron chi connectivity index (χ3n) is 4.11. The number of carbonyl (C=O) groups is 2. The van der Waals surface area contributed by atoms with Crippen molar-refractivity contribution in [3.63, 3.8) is 0 Å². The Kier molecular flexibility index (Phi) is 7.91. The van der Waals surface area contributed by atoms with Crippen LogP contribution in [0.25, 0.3) is 17.3 Å². The van der Waals surface area contributed by atoms with Gasteiger partial charge in [-0.1, -0.05) is 30.4 Å². The van der Waals surface area contributed by atoms with E-state index in [9.17, 15) is 22.8 Å². The van der Waals surface area contributed by atoms with E-state index in [0.29, 0.717) is 5.69 Å². The minimum absolute atomic E-state index is 0.0498. The first kappa shape index (κ1) is 22.9. The van der Waals surface area contributed by atoms with Crippen molar-refractivity contribution in [1.29, 1.82) is 0 Å². The smallest absolute Gasteiger partial charge is 0.352 e. The lowest BCUT2D eigenvalue weighted by molar-refractivity contribution is -0.123. The van der Waals surface area contributed by atoms with Crippen molar-refractivity contribution >= 4 is 17.9 Å². The monoisotopic (exact) mass is 417 g/mol. The summed E-state index contributed by atoms with van der Waals surface area (Å²) < 4.78 is 36.2. The average Bonchev–Trinajstić information content (AvgIpc) is 2.72. The van der Waals surface area contributed by atoms with E-state index in [1.54, 1.807) is 36.5 Å². The molecule has 0 atom stereocenters. The second kappa shape index (κ2) is 10.4. The zero-order valence-electron chi connectivity index (χ0n) is 16.4. The molecule has 3 rings (SSSR count). The Balaban J connectivity index is 0.000000335. The van der Waals surface area contributed by atoms with Crippen LogP contribution in [0.1, 0.15) is 29.3 Å². The van der Waals surface area contributed by atoms with Gasteiger partial charge in [-0.25, -0.2) is 0 Å². The van der Waals surface area contributed by atoms with Crippen LogP contribution in [-0.4, -0.2) is 36.1 Å². The first-order valence-corrected chi connectivity index (χ1v) is 9.17. The largest absolute Gasteiger partial charge is 0.405 e. The molecule has 0 aliphatic carbocycles. The van der Waals surface area contributed by atoms with Crippen LogP contribution < -0.4 is 10.6 Å². The number of benzene rings is 1. The zero-order valence-corrected chi connectivity index (χ0v) is 16.4. The summed E-state index contributed by atoms with van der Waals surface area (Å²) in [4.78, 5) is 26.3. The predicted molar refractivity (Wildman–Crippen MR) is 110 cm³/mol. The van der Waals surface area contributed by atoms with Gasteiger partial charge in [0, 0.05) is 29.9 Å². The van der Waals surface area contributed by atoms with Gasteiger partial charge in [0.1, 0.15) is 6.54 Å². The predicted octanol–water partition coefficient (Wildman–Crippen LogP) is 4.14. The molecule has 0 unspecified atom stereocenters. The Labute approximate surface area is 172 Å². The van der Waals surface area contributed by atoms with E-state index in [2.05, 4.69) is 16.9 Å². The number of carbonyl (C=O) groups excluding carboxylic acids is 2. The van der Waals surface area contributed by atoms with Crippen LogP contribution >= 0.6 is 0 Å². The maximum Gasteiger partial charge on any atom is 0.405 e. The van der Waals surface area contributed by atoms with Crippen LogP contribution in [0.4, 0.5) is 13.2 Å². The van der Waals surface area contributed by atoms with Crippen LogP contribution in [0.3, 0.4) is 0 Å². The van der Waals surface area contributed by atoms with Gasteiger partial charge in [0.2, 0.25) is 5.91 Å². The van der Waals surface area contributed by atoms with E-state index >= 15 is 0 Å². The quantitative estimate of drug-likeness (QED) is 0.786. The summed E-state index contributed by atoms with van der Waals surface area (Å²) in [7, 11) is 0. The minimum Gasteiger partial charge on any atom is -0.352 e. The van der Waals surface area contributed by atoms with Crippen molar-refractivity contribution in [2.75, 3.05) is 13.1 Å². The summed E-state index contributed by atoms with van der Waals surface area (Å²) in [5.74, 6) is -0.717. The minimum atomic E-state index is -4.43. The summed E-state index contributed by atoms with van der Waals surface area (Å²) in [5, 5.41) is 4.52. The van der Waals surface area contributed by atoms with Gasteiger partial charge < -0.3 is 10.6 Å². The Hall–Kier alpha value is -3.42. The van der Waals surface area contributed by atoms with E-state index in [1.165, 1.54) is 17.7 Å². The van der Waals surface area contributed by atoms with Gasteiger partial charge in [0.25, 0.3) is 5.91 Å². The van der Waals surface area contributed by atoms with Crippen LogP contribution in [-0.2, 0) is 4.79 Å². The van der Waals surface area contributed by atoms with Crippen molar-refractivity contribution < 1.29 is 22.8 Å². The molecule has 2 heterocycles. The molecule has 1 aromatic carbocycles. The number of amides is 2. The van der Waals surface area contributed by atoms with E-state index in [1.807, 2.05) is 18.3 Å². The number of aromatic nitrogens is 1. The standard InChI is InChI=1S/C16H13F3N2O.C6H9NO/c1-2-11-7-8-20-14(9-11)12-3-5-13(6-4-12)15(22)21-10-16(17,18)19;1-5-2-3-7-6(8)4-5/h2-9H,1,10H2,(H,21,22);4H,2-3H2,1H3,(H,7,8). The third-order valence-corrected chi connectivity index (χ3v) is 4.11. The van der Waals surface area contributed by atoms with Crippen molar-refractivity contribution in [2.24, 2.45) is 0 Å². The highest BCUT2D eigenvalue weighted by atomic mass is 19.4. The van der Waals surface area contributed by atoms with E-state index in [-0.39, 0.29) is 11.5 Å². The summed E-state index contributed by atoms with van der Waals surface area (Å²) in [5.41, 5.74) is 3.69. The first-order valence-electron chi connectivity index (χ1n) is 9.17. The van der Waals surface area contributed by atoms with Gasteiger partial charge >= 0.3 is 6.18 Å². The third kappa shape index (κ3) is 7.54. The van der Waals surface area contributed by atoms with Gasteiger partial charge in [-0.2, -0.15) is 13.2 Å². The Morgan fingerprint density at radius 1 is 1.27 bits per heavy atom. The fourth-order valence-corrected chi connectivity index (χ4v) is 2.54. The Morgan fingerprint density at radius 2 is 1.97 bits per heavy atom. The molecule has 0 radical (unpaired) electrons. The lowest BCUT2D eigenvalue weighted by Crippen LogP contribution is -2.33. The number of pyridine rings is 1. The molecule has 1 aliphatic heterocycles. The van der Waals surface area contributed by atoms with E-state index < -0.39 is 18.6 Å². The molecular formula is C22H22F3N3O2. The summed E-state index contributed by atoms with van der Waals surface area (Å²) in [6, 6.07) is 9.82. The molecule has 2 N–H and O–H groups in total. The molecule has 8 heteroatoms. The Bertz CT molecular complexity index is 935. The van der Waals surface area contributed by atoms with E-state index in [4.69, 9.17) is 0 Å². The summed E-state index contributed by atoms with van der Waals surface area (Å²) >= 11 is 0. The number of hydrogen-bond acceptors (Lipinski definition) is 3. The first-order chi connectivity index (χ1) is 14.2. The van der Waals surface area contributed by atoms with Crippen molar-refractivity contribution in [3.8, 4) is 11.3 Å². The van der Waals surface area contributed by atoms with E-state index in [0.717, 1.165) is 24.1 Å². The number of halogens is 3. The van der Waals surface area contributed by atoms with Gasteiger partial charge in [0.05, 0.1) is 5.69 Å². The molecular weight excluding hydrogens is 395 g/mol. The van der Waals surface area contributed by atoms with Crippen LogP contribution in [0.2, 0.25) is 0 Å². The van der Waals surface area contributed by atoms with Crippen molar-refractivity contribution in [1.82, 2.24) is 15.6 Å². The van der Waals surface area contributed by atoms with Crippen LogP contribution in [0.5, 0.6) is 0 Å². The molecule has 5 nitrogen and oxygen atoms in total. The average molecular weight is 417 g/mol. The zero-order chi connectivity index (χ0) is 22.1. The molecule has 1 aliphatic rings. The lowest BCUT2D eigenvalue weighted by atomic mass is 10.1. The molecule has 1 aromatic heterocycles. The highest BCUT2D eigenvalue weighted by molar-refractivity contribution is 5.94. The van der Waals surface area contributed by atoms with Gasteiger partial charge in [-0.15, -0.1) is 0 Å². The number of rotatable bonds is 4. The number of alkyl halides is 3. The number of nitrogens with zero attached hydrogens (tertiary/aromatic N) is 1. The molecule has 0 fully saturated rings. The fourth-order valence-electron chi connectivity index (χ4n) is 2.54. The number of hydrogen-bond donors (Lipinski definition) is 2. The second-order valence-corrected chi connectivity index (χ2v) is 6.59. The summed E-state index contributed by atoms with van der Waals surface area (Å²) in [6.07, 6.45) is 1.54. The normalized spacial score (nSPS) is 13.3. The maximum absolute atomic E-state index is 12.1. The second-order valence-electron chi connectivity index (χ2n) is 6.59. The SMILES string of the molecule is C=Cc1ccnc(-c2ccc(C(=O)NCC(F)(F)F)cc2)c1.CC1=CC(=O)NCC1. The molecule has 0 saturated heterocycles. The van der Waals surface area contributed by atoms with Gasteiger partial charge in [-0.3, -0.25) is 14.6 Å². The highest BCUT2D eigenvalue weighted by Gasteiger charge is 2.27. The lowest BCUT2D eigenvalue weighted by Gasteiger charge is -2.09. The van der Waals surface area contributed by atoms with Gasteiger partial charge in [-0.05, 0) is 43.2 Å². The molecule has 2 aromatic rings. The number of nitrogens with one attached hydrogen (secondary N) is 2. The summed E-state index contributed by atoms with van der Waals surface area (Å²) in [6.45, 7) is 5.10. The molecule has 0 saturated carbocycles. The van der Waals surface area contributed by atoms with Crippen molar-refractivity contribution in [3.05, 3.63) is 72.0 Å². The maximum atomic E-state index is 12.1. The Morgan fingerprint density at radius 3 is 2.50 bits per heavy atom. The molecule has 2 amide bonds.